The third-order valence-electron chi connectivity index (χ3n) is 8.42. The number of hydrogen-bond acceptors (Lipinski definition) is 8. The van der Waals surface area contributed by atoms with Crippen LogP contribution in [0.25, 0.3) is 44.4 Å². The Bertz CT molecular complexity index is 2090. The van der Waals surface area contributed by atoms with E-state index in [1.807, 2.05) is 32.0 Å². The second-order valence-electron chi connectivity index (χ2n) is 12.6. The molecule has 53 heavy (non-hydrogen) atoms. The van der Waals surface area contributed by atoms with Gasteiger partial charge in [-0.3, -0.25) is 9.59 Å². The van der Waals surface area contributed by atoms with Crippen molar-refractivity contribution in [2.45, 2.75) is 33.4 Å². The van der Waals surface area contributed by atoms with Crippen LogP contribution in [0.3, 0.4) is 0 Å². The fourth-order valence-corrected chi connectivity index (χ4v) is 5.76. The maximum Gasteiger partial charge on any atom is 0.407 e. The molecule has 2 aromatic heterocycles. The Morgan fingerprint density at radius 1 is 0.698 bits per heavy atom. The summed E-state index contributed by atoms with van der Waals surface area (Å²) in [4.78, 5) is 67.2. The van der Waals surface area contributed by atoms with Gasteiger partial charge in [0.05, 0.1) is 51.1 Å². The number of benzene rings is 3. The molecule has 0 aliphatic heterocycles. The largest absolute Gasteiger partial charge is 0.453 e. The number of hydrogen-bond donors (Lipinski definition) is 4. The van der Waals surface area contributed by atoms with Gasteiger partial charge in [0.25, 0.3) is 0 Å². The van der Waals surface area contributed by atoms with Crippen LogP contribution in [0.4, 0.5) is 9.59 Å². The standard InChI is InChI=1S/C39H44N8O6/c1-6-15-46(36(48)20-42-38(50)52-4)23-34-41-19-33(45-34)31-14-13-29-16-28(11-12-30(29)17-31)26-7-9-27(10-8-26)32-18-40-35(44-32)24-47(22-25(2)3)37(49)21-43-39(51)53-5/h7-14,16-19H,2,6,15,20-24H2,1,3-5H3,(H,40,44)(H,41,45)(H,42,50)(H,43,51). The van der Waals surface area contributed by atoms with E-state index in [4.69, 9.17) is 0 Å². The lowest BCUT2D eigenvalue weighted by Gasteiger charge is -2.22. The van der Waals surface area contributed by atoms with Crippen LogP contribution in [-0.2, 0) is 32.2 Å². The molecule has 0 saturated carbocycles. The summed E-state index contributed by atoms with van der Waals surface area (Å²) in [5.74, 6) is 0.752. The fraction of sp³-hybridized carbons (Fsp3) is 0.282. The Labute approximate surface area is 307 Å². The zero-order valence-electron chi connectivity index (χ0n) is 30.3. The molecule has 0 saturated heterocycles. The van der Waals surface area contributed by atoms with Gasteiger partial charge in [-0.2, -0.15) is 0 Å². The zero-order valence-corrected chi connectivity index (χ0v) is 30.3. The Balaban J connectivity index is 1.24. The van der Waals surface area contributed by atoms with Crippen molar-refractivity contribution in [1.82, 2.24) is 40.4 Å². The number of nitrogens with zero attached hydrogens (tertiary/aromatic N) is 4. The van der Waals surface area contributed by atoms with Gasteiger partial charge < -0.3 is 39.9 Å². The number of amides is 4. The van der Waals surface area contributed by atoms with Gasteiger partial charge >= 0.3 is 12.2 Å². The minimum Gasteiger partial charge on any atom is -0.453 e. The summed E-state index contributed by atoms with van der Waals surface area (Å²) in [7, 11) is 2.50. The molecule has 0 radical (unpaired) electrons. The van der Waals surface area contributed by atoms with E-state index < -0.39 is 12.2 Å². The molecule has 3 aromatic carbocycles. The quantitative estimate of drug-likeness (QED) is 0.101. The van der Waals surface area contributed by atoms with E-state index in [0.29, 0.717) is 31.3 Å². The number of carbonyl (C=O) groups excluding carboxylic acids is 4. The molecule has 0 bridgehead atoms. The molecule has 0 spiro atoms. The number of imidazole rings is 2. The van der Waals surface area contributed by atoms with Crippen LogP contribution in [0.15, 0.2) is 85.2 Å². The zero-order chi connectivity index (χ0) is 37.9. The summed E-state index contributed by atoms with van der Waals surface area (Å²) in [6, 6.07) is 20.7. The Morgan fingerprint density at radius 3 is 1.72 bits per heavy atom. The van der Waals surface area contributed by atoms with Crippen molar-refractivity contribution in [2.24, 2.45) is 0 Å². The lowest BCUT2D eigenvalue weighted by molar-refractivity contribution is -0.131. The van der Waals surface area contributed by atoms with Crippen molar-refractivity contribution < 1.29 is 28.7 Å². The highest BCUT2D eigenvalue weighted by Crippen LogP contribution is 2.29. The minimum atomic E-state index is -0.674. The fourth-order valence-electron chi connectivity index (χ4n) is 5.76. The lowest BCUT2D eigenvalue weighted by Crippen LogP contribution is -2.40. The number of ether oxygens (including phenoxy) is 2. The third-order valence-corrected chi connectivity index (χ3v) is 8.42. The van der Waals surface area contributed by atoms with Crippen LogP contribution in [0.1, 0.15) is 31.9 Å². The van der Waals surface area contributed by atoms with Crippen molar-refractivity contribution >= 4 is 34.8 Å². The van der Waals surface area contributed by atoms with E-state index in [2.05, 4.69) is 89.1 Å². The van der Waals surface area contributed by atoms with Gasteiger partial charge in [0.15, 0.2) is 0 Å². The predicted octanol–water partition coefficient (Wildman–Crippen LogP) is 5.64. The van der Waals surface area contributed by atoms with Gasteiger partial charge in [-0.05, 0) is 52.9 Å². The van der Waals surface area contributed by atoms with E-state index in [1.165, 1.54) is 14.2 Å². The number of fused-ring (bicyclic) bond motifs is 1. The van der Waals surface area contributed by atoms with Gasteiger partial charge in [-0.1, -0.05) is 67.6 Å². The van der Waals surface area contributed by atoms with Gasteiger partial charge in [0, 0.05) is 18.7 Å². The van der Waals surface area contributed by atoms with Crippen molar-refractivity contribution in [3.63, 3.8) is 0 Å². The van der Waals surface area contributed by atoms with E-state index in [-0.39, 0.29) is 31.4 Å². The Kier molecular flexibility index (Phi) is 12.6. The number of alkyl carbamates (subject to hydrolysis) is 2. The second-order valence-corrected chi connectivity index (χ2v) is 12.6. The first-order valence-electron chi connectivity index (χ1n) is 17.1. The molecule has 0 aliphatic carbocycles. The number of carbonyl (C=O) groups is 4. The minimum absolute atomic E-state index is 0.150. The van der Waals surface area contributed by atoms with Crippen LogP contribution in [0.2, 0.25) is 0 Å². The first-order chi connectivity index (χ1) is 25.6. The van der Waals surface area contributed by atoms with E-state index in [1.54, 1.807) is 22.2 Å². The van der Waals surface area contributed by atoms with E-state index in [9.17, 15) is 19.2 Å². The monoisotopic (exact) mass is 720 g/mol. The molecule has 2 heterocycles. The smallest absolute Gasteiger partial charge is 0.407 e. The summed E-state index contributed by atoms with van der Waals surface area (Å²) in [6.45, 7) is 8.76. The molecule has 14 nitrogen and oxygen atoms in total. The Morgan fingerprint density at radius 2 is 1.17 bits per heavy atom. The molecule has 14 heteroatoms. The first-order valence-corrected chi connectivity index (χ1v) is 17.1. The molecule has 0 unspecified atom stereocenters. The van der Waals surface area contributed by atoms with Crippen molar-refractivity contribution in [3.8, 4) is 33.6 Å². The van der Waals surface area contributed by atoms with Crippen LogP contribution < -0.4 is 10.6 Å². The first kappa shape index (κ1) is 37.8. The average molecular weight is 721 g/mol. The molecular weight excluding hydrogens is 676 g/mol. The van der Waals surface area contributed by atoms with Gasteiger partial charge in [-0.25, -0.2) is 19.6 Å². The molecule has 4 N–H and O–H groups in total. The average Bonchev–Trinajstić information content (AvgIpc) is 3.85. The molecule has 0 fully saturated rings. The number of aromatic nitrogens is 4. The molecule has 276 valence electrons. The van der Waals surface area contributed by atoms with Crippen molar-refractivity contribution in [2.75, 3.05) is 40.4 Å². The van der Waals surface area contributed by atoms with Crippen molar-refractivity contribution in [1.29, 1.82) is 0 Å². The summed E-state index contributed by atoms with van der Waals surface area (Å²) >= 11 is 0. The van der Waals surface area contributed by atoms with Crippen LogP contribution in [-0.4, -0.2) is 94.1 Å². The van der Waals surface area contributed by atoms with Gasteiger partial charge in [-0.15, -0.1) is 0 Å². The molecule has 5 rings (SSSR count). The maximum absolute atomic E-state index is 12.8. The number of rotatable bonds is 15. The number of nitrogens with one attached hydrogen (secondary N) is 4. The topological polar surface area (TPSA) is 175 Å². The second kappa shape index (κ2) is 17.7. The van der Waals surface area contributed by atoms with Crippen LogP contribution in [0.5, 0.6) is 0 Å². The van der Waals surface area contributed by atoms with Crippen molar-refractivity contribution in [3.05, 3.63) is 96.9 Å². The SMILES string of the molecule is C=C(C)CN(Cc1ncc(-c2ccc(-c3ccc4cc(-c5cnc(CN(CCC)C(=O)CNC(=O)OC)[nH]5)ccc4c3)cc2)[nH]1)C(=O)CNC(=O)OC. The van der Waals surface area contributed by atoms with Crippen LogP contribution in [0, 0.1) is 0 Å². The third kappa shape index (κ3) is 10.1. The predicted molar refractivity (Wildman–Crippen MR) is 201 cm³/mol. The van der Waals surface area contributed by atoms with E-state index in [0.717, 1.165) is 56.4 Å². The number of H-pyrrole nitrogens is 2. The van der Waals surface area contributed by atoms with Crippen LogP contribution >= 0.6 is 0 Å². The molecule has 5 aromatic rings. The highest BCUT2D eigenvalue weighted by atomic mass is 16.5. The summed E-state index contributed by atoms with van der Waals surface area (Å²) in [6.07, 6.45) is 2.94. The summed E-state index contributed by atoms with van der Waals surface area (Å²) in [5, 5.41) is 7.01. The maximum atomic E-state index is 12.8. The Hall–Kier alpha value is -6.44. The summed E-state index contributed by atoms with van der Waals surface area (Å²) in [5.41, 5.74) is 6.50. The number of methoxy groups -OCH3 is 2. The molecular formula is C39H44N8O6. The number of aromatic amines is 2. The van der Waals surface area contributed by atoms with Gasteiger partial charge in [0.2, 0.25) is 11.8 Å². The molecule has 0 atom stereocenters. The lowest BCUT2D eigenvalue weighted by atomic mass is 9.98. The summed E-state index contributed by atoms with van der Waals surface area (Å²) < 4.78 is 9.12. The highest BCUT2D eigenvalue weighted by molar-refractivity contribution is 5.90. The highest BCUT2D eigenvalue weighted by Gasteiger charge is 2.18. The normalized spacial score (nSPS) is 10.8. The van der Waals surface area contributed by atoms with E-state index >= 15 is 0 Å². The van der Waals surface area contributed by atoms with Gasteiger partial charge in [0.1, 0.15) is 24.7 Å². The molecule has 0 aliphatic rings. The molecule has 4 amide bonds.